The first-order valence-corrected chi connectivity index (χ1v) is 9.13. The Morgan fingerprint density at radius 3 is 2.70 bits per heavy atom. The summed E-state index contributed by atoms with van der Waals surface area (Å²) in [6.45, 7) is 4.29. The fourth-order valence-corrected chi connectivity index (χ4v) is 4.71. The quantitative estimate of drug-likeness (QED) is 0.744. The van der Waals surface area contributed by atoms with Gasteiger partial charge in [0.05, 0.1) is 0 Å². The van der Waals surface area contributed by atoms with Gasteiger partial charge in [0.25, 0.3) is 0 Å². The lowest BCUT2D eigenvalue weighted by Gasteiger charge is -2.21. The van der Waals surface area contributed by atoms with E-state index in [2.05, 4.69) is 72.2 Å². The maximum atomic E-state index is 3.80. The summed E-state index contributed by atoms with van der Waals surface area (Å²) in [7, 11) is 0. The molecule has 3 aromatic rings. The molecule has 2 atom stereocenters. The molecule has 23 heavy (non-hydrogen) atoms. The van der Waals surface area contributed by atoms with Gasteiger partial charge in [-0.25, -0.2) is 0 Å². The van der Waals surface area contributed by atoms with Crippen molar-refractivity contribution in [3.05, 3.63) is 70.6 Å². The van der Waals surface area contributed by atoms with Crippen LogP contribution in [0.25, 0.3) is 10.1 Å². The van der Waals surface area contributed by atoms with Crippen molar-refractivity contribution in [3.63, 3.8) is 0 Å². The number of rotatable bonds is 4. The van der Waals surface area contributed by atoms with E-state index in [1.807, 2.05) is 11.3 Å². The number of hydrogen-bond donors (Lipinski definition) is 2. The maximum Gasteiger partial charge on any atom is 0.0476 e. The van der Waals surface area contributed by atoms with Crippen LogP contribution >= 0.6 is 11.3 Å². The monoisotopic (exact) mass is 322 g/mol. The second-order valence-corrected chi connectivity index (χ2v) is 7.40. The van der Waals surface area contributed by atoms with E-state index in [0.29, 0.717) is 12.1 Å². The Bertz CT molecular complexity index is 794. The predicted octanol–water partition coefficient (Wildman–Crippen LogP) is 4.40. The highest BCUT2D eigenvalue weighted by atomic mass is 32.1. The molecule has 0 bridgehead atoms. The van der Waals surface area contributed by atoms with E-state index in [0.717, 1.165) is 13.1 Å². The summed E-state index contributed by atoms with van der Waals surface area (Å²) in [6, 6.07) is 20.4. The van der Waals surface area contributed by atoms with Crippen molar-refractivity contribution in [1.82, 2.24) is 10.6 Å². The number of aryl methyl sites for hydroxylation is 1. The van der Waals surface area contributed by atoms with E-state index < -0.39 is 0 Å². The highest BCUT2D eigenvalue weighted by Gasteiger charge is 2.27. The van der Waals surface area contributed by atoms with Crippen LogP contribution in [0.5, 0.6) is 0 Å². The van der Waals surface area contributed by atoms with Crippen LogP contribution in [-0.4, -0.2) is 12.6 Å². The lowest BCUT2D eigenvalue weighted by molar-refractivity contribution is 0.462. The first kappa shape index (κ1) is 14.9. The first-order chi connectivity index (χ1) is 11.3. The van der Waals surface area contributed by atoms with E-state index in [9.17, 15) is 0 Å². The Balaban J connectivity index is 1.50. The molecule has 0 amide bonds. The van der Waals surface area contributed by atoms with E-state index in [1.54, 1.807) is 0 Å². The molecule has 0 saturated carbocycles. The SMILES string of the molecule is Cc1c(CN[C@H]2CCN[C@H]2c2ccccc2)sc2ccccc12. The molecule has 1 aromatic heterocycles. The minimum absolute atomic E-state index is 0.422. The number of thiophene rings is 1. The van der Waals surface area contributed by atoms with Gasteiger partial charge in [-0.2, -0.15) is 0 Å². The van der Waals surface area contributed by atoms with Crippen LogP contribution in [-0.2, 0) is 6.54 Å². The summed E-state index contributed by atoms with van der Waals surface area (Å²) in [4.78, 5) is 1.46. The van der Waals surface area contributed by atoms with Gasteiger partial charge in [0.1, 0.15) is 0 Å². The van der Waals surface area contributed by atoms with Gasteiger partial charge in [-0.1, -0.05) is 48.5 Å². The molecule has 1 fully saturated rings. The third-order valence-electron chi connectivity index (χ3n) is 4.85. The fraction of sp³-hybridized carbons (Fsp3) is 0.300. The molecule has 2 nitrogen and oxygen atoms in total. The zero-order chi connectivity index (χ0) is 15.6. The van der Waals surface area contributed by atoms with E-state index >= 15 is 0 Å². The van der Waals surface area contributed by atoms with Gasteiger partial charge in [-0.15, -0.1) is 11.3 Å². The summed E-state index contributed by atoms with van der Waals surface area (Å²) in [5.41, 5.74) is 2.82. The molecule has 0 spiro atoms. The minimum atomic E-state index is 0.422. The molecule has 2 aromatic carbocycles. The van der Waals surface area contributed by atoms with Crippen molar-refractivity contribution in [2.45, 2.75) is 32.0 Å². The summed E-state index contributed by atoms with van der Waals surface area (Å²) in [5.74, 6) is 0. The van der Waals surface area contributed by atoms with Crippen LogP contribution in [0.3, 0.4) is 0 Å². The molecule has 4 rings (SSSR count). The highest BCUT2D eigenvalue weighted by molar-refractivity contribution is 7.19. The van der Waals surface area contributed by atoms with Gasteiger partial charge in [0, 0.05) is 28.2 Å². The lowest BCUT2D eigenvalue weighted by atomic mass is 10.0. The molecular weight excluding hydrogens is 300 g/mol. The molecule has 118 valence electrons. The van der Waals surface area contributed by atoms with Crippen molar-refractivity contribution in [2.75, 3.05) is 6.54 Å². The Morgan fingerprint density at radius 2 is 1.87 bits per heavy atom. The van der Waals surface area contributed by atoms with Gasteiger partial charge in [0.15, 0.2) is 0 Å². The number of fused-ring (bicyclic) bond motifs is 1. The van der Waals surface area contributed by atoms with Gasteiger partial charge in [-0.3, -0.25) is 0 Å². The average Bonchev–Trinajstić information content (AvgIpc) is 3.19. The van der Waals surface area contributed by atoms with E-state index in [-0.39, 0.29) is 0 Å². The Kier molecular flexibility index (Phi) is 4.17. The summed E-state index contributed by atoms with van der Waals surface area (Å²) >= 11 is 1.92. The van der Waals surface area contributed by atoms with Crippen molar-refractivity contribution in [2.24, 2.45) is 0 Å². The average molecular weight is 322 g/mol. The standard InChI is InChI=1S/C20H22N2S/c1-14-16-9-5-6-10-18(16)23-19(14)13-22-17-11-12-21-20(17)15-7-3-2-4-8-15/h2-10,17,20-22H,11-13H2,1H3/t17-,20-/m0/s1. The van der Waals surface area contributed by atoms with Crippen molar-refractivity contribution in [1.29, 1.82) is 0 Å². The summed E-state index contributed by atoms with van der Waals surface area (Å²) < 4.78 is 1.39. The molecule has 1 aliphatic heterocycles. The predicted molar refractivity (Wildman–Crippen MR) is 99.0 cm³/mol. The third-order valence-corrected chi connectivity index (χ3v) is 6.12. The normalized spacial score (nSPS) is 21.1. The van der Waals surface area contributed by atoms with Gasteiger partial charge in [0.2, 0.25) is 0 Å². The van der Waals surface area contributed by atoms with E-state index in [4.69, 9.17) is 0 Å². The van der Waals surface area contributed by atoms with Crippen LogP contribution in [0, 0.1) is 6.92 Å². The number of benzene rings is 2. The molecule has 0 radical (unpaired) electrons. The van der Waals surface area contributed by atoms with Crippen molar-refractivity contribution >= 4 is 21.4 Å². The Hall–Kier alpha value is -1.68. The summed E-state index contributed by atoms with van der Waals surface area (Å²) in [5, 5.41) is 8.84. The molecule has 0 aliphatic carbocycles. The molecular formula is C20H22N2S. The largest absolute Gasteiger partial charge is 0.309 e. The van der Waals surface area contributed by atoms with Crippen LogP contribution in [0.4, 0.5) is 0 Å². The topological polar surface area (TPSA) is 24.1 Å². The van der Waals surface area contributed by atoms with Crippen LogP contribution in [0.1, 0.15) is 28.5 Å². The van der Waals surface area contributed by atoms with Crippen molar-refractivity contribution in [3.8, 4) is 0 Å². The first-order valence-electron chi connectivity index (χ1n) is 8.31. The zero-order valence-electron chi connectivity index (χ0n) is 13.4. The highest BCUT2D eigenvalue weighted by Crippen LogP contribution is 2.31. The smallest absolute Gasteiger partial charge is 0.0476 e. The third kappa shape index (κ3) is 2.92. The maximum absolute atomic E-state index is 3.80. The molecule has 2 heterocycles. The molecule has 3 heteroatoms. The Labute approximate surface area is 141 Å². The molecule has 1 aliphatic rings. The fourth-order valence-electron chi connectivity index (χ4n) is 3.55. The van der Waals surface area contributed by atoms with Gasteiger partial charge in [-0.05, 0) is 42.5 Å². The lowest BCUT2D eigenvalue weighted by Crippen LogP contribution is -2.33. The Morgan fingerprint density at radius 1 is 1.09 bits per heavy atom. The van der Waals surface area contributed by atoms with E-state index in [1.165, 1.54) is 32.5 Å². The summed E-state index contributed by atoms with van der Waals surface area (Å²) in [6.07, 6.45) is 1.18. The molecule has 2 N–H and O–H groups in total. The second-order valence-electron chi connectivity index (χ2n) is 6.26. The van der Waals surface area contributed by atoms with Gasteiger partial charge >= 0.3 is 0 Å². The zero-order valence-corrected chi connectivity index (χ0v) is 14.2. The van der Waals surface area contributed by atoms with Gasteiger partial charge < -0.3 is 10.6 Å². The number of nitrogens with one attached hydrogen (secondary N) is 2. The molecule has 1 saturated heterocycles. The van der Waals surface area contributed by atoms with Crippen LogP contribution in [0.2, 0.25) is 0 Å². The second kappa shape index (κ2) is 6.44. The van der Waals surface area contributed by atoms with Crippen LogP contribution in [0.15, 0.2) is 54.6 Å². The number of hydrogen-bond acceptors (Lipinski definition) is 3. The minimum Gasteiger partial charge on any atom is -0.309 e. The van der Waals surface area contributed by atoms with Crippen LogP contribution < -0.4 is 10.6 Å². The van der Waals surface area contributed by atoms with Crippen molar-refractivity contribution < 1.29 is 0 Å². The molecule has 0 unspecified atom stereocenters.